The summed E-state index contributed by atoms with van der Waals surface area (Å²) >= 11 is 1.92. The van der Waals surface area contributed by atoms with Crippen molar-refractivity contribution in [2.24, 2.45) is 0 Å². The van der Waals surface area contributed by atoms with Crippen molar-refractivity contribution in [1.82, 2.24) is 0 Å². The van der Waals surface area contributed by atoms with Crippen LogP contribution in [0, 0.1) is 0 Å². The number of hydrogen-bond acceptors (Lipinski definition) is 3. The molecule has 0 radical (unpaired) electrons. The van der Waals surface area contributed by atoms with Gasteiger partial charge in [0.15, 0.2) is 0 Å². The van der Waals surface area contributed by atoms with Gasteiger partial charge in [0.1, 0.15) is 12.2 Å². The molecule has 3 rings (SSSR count). The van der Waals surface area contributed by atoms with E-state index < -0.39 is 0 Å². The molecule has 1 fully saturated rings. The molecule has 19 heavy (non-hydrogen) atoms. The number of fused-ring (bicyclic) bond motifs is 1. The Labute approximate surface area is 118 Å². The fourth-order valence-electron chi connectivity index (χ4n) is 2.63. The van der Waals surface area contributed by atoms with Crippen LogP contribution in [0.5, 0.6) is 0 Å². The van der Waals surface area contributed by atoms with E-state index in [4.69, 9.17) is 9.47 Å². The van der Waals surface area contributed by atoms with Crippen LogP contribution in [0.3, 0.4) is 0 Å². The van der Waals surface area contributed by atoms with Gasteiger partial charge in [-0.1, -0.05) is 42.5 Å². The quantitative estimate of drug-likeness (QED) is 0.772. The summed E-state index contributed by atoms with van der Waals surface area (Å²) in [5, 5.41) is 3.23. The molecule has 1 saturated heterocycles. The summed E-state index contributed by atoms with van der Waals surface area (Å²) in [7, 11) is 1.67. The molecule has 0 saturated carbocycles. The number of rotatable bonds is 4. The van der Waals surface area contributed by atoms with Crippen LogP contribution >= 0.6 is 11.8 Å². The SMILES string of the molecule is COCOC1CCC(c2cccc3ccccc23)S1. The normalized spacial score (nSPS) is 23.0. The lowest BCUT2D eigenvalue weighted by atomic mass is 10.00. The van der Waals surface area contributed by atoms with Crippen molar-refractivity contribution in [3.63, 3.8) is 0 Å². The van der Waals surface area contributed by atoms with Crippen LogP contribution in [-0.4, -0.2) is 19.3 Å². The molecule has 2 unspecified atom stereocenters. The lowest BCUT2D eigenvalue weighted by Crippen LogP contribution is -2.06. The minimum Gasteiger partial charge on any atom is -0.359 e. The number of thioether (sulfide) groups is 1. The van der Waals surface area contributed by atoms with Crippen molar-refractivity contribution in [1.29, 1.82) is 0 Å². The molecule has 0 bridgehead atoms. The van der Waals surface area contributed by atoms with Crippen molar-refractivity contribution < 1.29 is 9.47 Å². The summed E-state index contributed by atoms with van der Waals surface area (Å²) in [4.78, 5) is 0. The third-order valence-electron chi connectivity index (χ3n) is 3.52. The summed E-state index contributed by atoms with van der Waals surface area (Å²) in [6, 6.07) is 15.2. The second-order valence-electron chi connectivity index (χ2n) is 4.77. The molecule has 2 atom stereocenters. The summed E-state index contributed by atoms with van der Waals surface area (Å²) < 4.78 is 10.6. The molecule has 0 aliphatic carbocycles. The minimum atomic E-state index is 0.268. The largest absolute Gasteiger partial charge is 0.359 e. The average molecular weight is 274 g/mol. The van der Waals surface area contributed by atoms with Crippen molar-refractivity contribution in [3.05, 3.63) is 48.0 Å². The molecule has 0 amide bonds. The first-order chi connectivity index (χ1) is 9.38. The van der Waals surface area contributed by atoms with Crippen LogP contribution in [0.1, 0.15) is 23.7 Å². The molecule has 0 N–H and O–H groups in total. The third-order valence-corrected chi connectivity index (χ3v) is 5.02. The van der Waals surface area contributed by atoms with E-state index in [1.807, 2.05) is 11.8 Å². The first-order valence-electron chi connectivity index (χ1n) is 6.62. The van der Waals surface area contributed by atoms with Crippen LogP contribution in [0.4, 0.5) is 0 Å². The van der Waals surface area contributed by atoms with Gasteiger partial charge >= 0.3 is 0 Å². The van der Waals surface area contributed by atoms with Gasteiger partial charge in [0.25, 0.3) is 0 Å². The topological polar surface area (TPSA) is 18.5 Å². The Morgan fingerprint density at radius 3 is 2.84 bits per heavy atom. The Morgan fingerprint density at radius 1 is 1.11 bits per heavy atom. The van der Waals surface area contributed by atoms with E-state index in [9.17, 15) is 0 Å². The summed E-state index contributed by atoms with van der Waals surface area (Å²) in [6.45, 7) is 0.389. The summed E-state index contributed by atoms with van der Waals surface area (Å²) in [5.74, 6) is 0. The van der Waals surface area contributed by atoms with Crippen LogP contribution < -0.4 is 0 Å². The molecule has 3 heteroatoms. The maximum absolute atomic E-state index is 5.66. The molecular weight excluding hydrogens is 256 g/mol. The zero-order chi connectivity index (χ0) is 13.1. The Balaban J connectivity index is 1.82. The Kier molecular flexibility index (Phi) is 4.06. The van der Waals surface area contributed by atoms with Gasteiger partial charge in [-0.3, -0.25) is 0 Å². The number of benzene rings is 2. The van der Waals surface area contributed by atoms with Gasteiger partial charge in [-0.2, -0.15) is 0 Å². The molecular formula is C16H18O2S. The van der Waals surface area contributed by atoms with Crippen molar-refractivity contribution >= 4 is 22.5 Å². The molecule has 0 spiro atoms. The van der Waals surface area contributed by atoms with E-state index in [1.165, 1.54) is 22.8 Å². The van der Waals surface area contributed by atoms with Gasteiger partial charge in [0, 0.05) is 12.4 Å². The maximum Gasteiger partial charge on any atom is 0.147 e. The van der Waals surface area contributed by atoms with Crippen LogP contribution in [0.15, 0.2) is 42.5 Å². The maximum atomic E-state index is 5.66. The highest BCUT2D eigenvalue weighted by molar-refractivity contribution is 8.00. The van der Waals surface area contributed by atoms with Crippen molar-refractivity contribution in [3.8, 4) is 0 Å². The van der Waals surface area contributed by atoms with Gasteiger partial charge < -0.3 is 9.47 Å². The Hall–Kier alpha value is -1.03. The summed E-state index contributed by atoms with van der Waals surface area (Å²) in [6.07, 6.45) is 2.27. The fraction of sp³-hybridized carbons (Fsp3) is 0.375. The van der Waals surface area contributed by atoms with E-state index in [0.717, 1.165) is 6.42 Å². The van der Waals surface area contributed by atoms with Gasteiger partial charge in [0.2, 0.25) is 0 Å². The van der Waals surface area contributed by atoms with Gasteiger partial charge in [0.05, 0.1) is 0 Å². The average Bonchev–Trinajstić information content (AvgIpc) is 2.93. The highest BCUT2D eigenvalue weighted by atomic mass is 32.2. The standard InChI is InChI=1S/C16H18O2S/c1-17-11-18-16-10-9-15(19-16)14-8-4-6-12-5-2-3-7-13(12)14/h2-8,15-16H,9-11H2,1H3. The molecule has 1 aliphatic rings. The van der Waals surface area contributed by atoms with E-state index in [-0.39, 0.29) is 5.44 Å². The Bertz CT molecular complexity index is 550. The lowest BCUT2D eigenvalue weighted by molar-refractivity contribution is -0.0418. The zero-order valence-electron chi connectivity index (χ0n) is 11.0. The molecule has 0 aromatic heterocycles. The molecule has 2 nitrogen and oxygen atoms in total. The van der Waals surface area contributed by atoms with Gasteiger partial charge in [-0.15, -0.1) is 11.8 Å². The minimum absolute atomic E-state index is 0.268. The first-order valence-corrected chi connectivity index (χ1v) is 7.56. The number of hydrogen-bond donors (Lipinski definition) is 0. The van der Waals surface area contributed by atoms with E-state index in [2.05, 4.69) is 42.5 Å². The predicted octanol–water partition coefficient (Wildman–Crippen LogP) is 4.35. The molecule has 2 aromatic rings. The molecule has 2 aromatic carbocycles. The number of methoxy groups -OCH3 is 1. The molecule has 1 heterocycles. The molecule has 1 aliphatic heterocycles. The van der Waals surface area contributed by atoms with E-state index in [1.54, 1.807) is 7.11 Å². The zero-order valence-corrected chi connectivity index (χ0v) is 11.9. The second-order valence-corrected chi connectivity index (χ2v) is 6.14. The monoisotopic (exact) mass is 274 g/mol. The smallest absolute Gasteiger partial charge is 0.147 e. The van der Waals surface area contributed by atoms with E-state index >= 15 is 0 Å². The van der Waals surface area contributed by atoms with Gasteiger partial charge in [-0.25, -0.2) is 0 Å². The van der Waals surface area contributed by atoms with Gasteiger partial charge in [-0.05, 0) is 29.2 Å². The fourth-order valence-corrected chi connectivity index (χ4v) is 4.03. The summed E-state index contributed by atoms with van der Waals surface area (Å²) in [5.41, 5.74) is 1.70. The number of ether oxygens (including phenoxy) is 2. The van der Waals surface area contributed by atoms with Crippen LogP contribution in [0.25, 0.3) is 10.8 Å². The highest BCUT2D eigenvalue weighted by Crippen LogP contribution is 2.46. The predicted molar refractivity (Wildman–Crippen MR) is 80.3 cm³/mol. The van der Waals surface area contributed by atoms with Crippen molar-refractivity contribution in [2.45, 2.75) is 23.5 Å². The first kappa shape index (κ1) is 13.0. The third kappa shape index (κ3) is 2.78. The highest BCUT2D eigenvalue weighted by Gasteiger charge is 2.28. The molecule has 100 valence electrons. The lowest BCUT2D eigenvalue weighted by Gasteiger charge is -2.14. The van der Waals surface area contributed by atoms with Crippen LogP contribution in [-0.2, 0) is 9.47 Å². The van der Waals surface area contributed by atoms with E-state index in [0.29, 0.717) is 12.0 Å². The Morgan fingerprint density at radius 2 is 1.95 bits per heavy atom. The van der Waals surface area contributed by atoms with Crippen LogP contribution in [0.2, 0.25) is 0 Å². The van der Waals surface area contributed by atoms with Crippen molar-refractivity contribution in [2.75, 3.05) is 13.9 Å². The second kappa shape index (κ2) is 5.95.